The smallest absolute Gasteiger partial charge is 0.315 e. The van der Waals surface area contributed by atoms with E-state index < -0.39 is 0 Å². The van der Waals surface area contributed by atoms with Gasteiger partial charge in [0.15, 0.2) is 11.5 Å². The highest BCUT2D eigenvalue weighted by atomic mass is 32.1. The van der Waals surface area contributed by atoms with Gasteiger partial charge in [0.2, 0.25) is 0 Å². The maximum absolute atomic E-state index is 11.9. The van der Waals surface area contributed by atoms with Crippen molar-refractivity contribution in [3.63, 3.8) is 0 Å². The first-order valence-electron chi connectivity index (χ1n) is 8.35. The lowest BCUT2D eigenvalue weighted by Gasteiger charge is -2.12. The molecule has 2 N–H and O–H groups in total. The molecule has 0 aliphatic carbocycles. The number of carbonyl (C=O) groups is 1. The minimum Gasteiger partial charge on any atom is -0.493 e. The lowest BCUT2D eigenvalue weighted by molar-refractivity contribution is 0.240. The topological polar surface area (TPSA) is 72.5 Å². The number of rotatable bonds is 9. The Kier molecular flexibility index (Phi) is 7.53. The van der Waals surface area contributed by atoms with Crippen LogP contribution in [0.3, 0.4) is 0 Å². The Morgan fingerprint density at radius 1 is 1.24 bits per heavy atom. The second-order valence-corrected chi connectivity index (χ2v) is 6.89. The lowest BCUT2D eigenvalue weighted by Crippen LogP contribution is -2.34. The Balaban J connectivity index is 1.81. The maximum atomic E-state index is 11.9. The quantitative estimate of drug-likeness (QED) is 0.667. The van der Waals surface area contributed by atoms with Crippen LogP contribution in [-0.4, -0.2) is 24.7 Å². The Morgan fingerprint density at radius 3 is 2.72 bits per heavy atom. The molecule has 7 heteroatoms. The highest BCUT2D eigenvalue weighted by Crippen LogP contribution is 2.28. The number of nitrogens with zero attached hydrogens (tertiary/aromatic N) is 1. The largest absolute Gasteiger partial charge is 0.493 e. The molecule has 6 nitrogen and oxygen atoms in total. The van der Waals surface area contributed by atoms with Gasteiger partial charge in [0.25, 0.3) is 0 Å². The fourth-order valence-corrected chi connectivity index (χ4v) is 2.90. The molecule has 0 bridgehead atoms. The summed E-state index contributed by atoms with van der Waals surface area (Å²) in [6, 6.07) is 5.47. The van der Waals surface area contributed by atoms with Crippen molar-refractivity contribution in [1.82, 2.24) is 15.6 Å². The summed E-state index contributed by atoms with van der Waals surface area (Å²) in [7, 11) is 1.61. The number of benzene rings is 1. The Hall–Kier alpha value is -2.28. The number of aryl methyl sites for hydroxylation is 1. The maximum Gasteiger partial charge on any atom is 0.315 e. The van der Waals surface area contributed by atoms with Crippen molar-refractivity contribution in [2.24, 2.45) is 0 Å². The minimum atomic E-state index is -0.215. The molecule has 0 saturated carbocycles. The number of thiazole rings is 1. The van der Waals surface area contributed by atoms with Gasteiger partial charge in [-0.3, -0.25) is 0 Å². The average molecular weight is 363 g/mol. The molecule has 0 aliphatic heterocycles. The SMILES string of the molecule is CCCCOc1ccc(CNC(=O)NCc2cnc(C)s2)cc1OC. The summed E-state index contributed by atoms with van der Waals surface area (Å²) in [6.45, 7) is 5.63. The second-order valence-electron chi connectivity index (χ2n) is 5.57. The monoisotopic (exact) mass is 363 g/mol. The molecule has 1 aromatic heterocycles. The second kappa shape index (κ2) is 9.88. The number of ether oxygens (including phenoxy) is 2. The molecule has 0 fully saturated rings. The lowest BCUT2D eigenvalue weighted by atomic mass is 10.2. The van der Waals surface area contributed by atoms with E-state index in [1.54, 1.807) is 24.6 Å². The molecule has 0 atom stereocenters. The van der Waals surface area contributed by atoms with Gasteiger partial charge in [-0.2, -0.15) is 0 Å². The molecule has 136 valence electrons. The highest BCUT2D eigenvalue weighted by Gasteiger charge is 2.07. The fraction of sp³-hybridized carbons (Fsp3) is 0.444. The van der Waals surface area contributed by atoms with Crippen molar-refractivity contribution in [2.45, 2.75) is 39.8 Å². The van der Waals surface area contributed by atoms with Gasteiger partial charge in [-0.05, 0) is 31.0 Å². The van der Waals surface area contributed by atoms with E-state index in [2.05, 4.69) is 22.5 Å². The number of nitrogens with one attached hydrogen (secondary N) is 2. The normalized spacial score (nSPS) is 10.4. The van der Waals surface area contributed by atoms with Gasteiger partial charge >= 0.3 is 6.03 Å². The number of hydrogen-bond acceptors (Lipinski definition) is 5. The summed E-state index contributed by atoms with van der Waals surface area (Å²) in [4.78, 5) is 17.1. The number of urea groups is 1. The zero-order valence-corrected chi connectivity index (χ0v) is 15.7. The van der Waals surface area contributed by atoms with Gasteiger partial charge in [-0.25, -0.2) is 9.78 Å². The van der Waals surface area contributed by atoms with Crippen molar-refractivity contribution < 1.29 is 14.3 Å². The summed E-state index contributed by atoms with van der Waals surface area (Å²) in [5.74, 6) is 1.40. The van der Waals surface area contributed by atoms with E-state index >= 15 is 0 Å². The van der Waals surface area contributed by atoms with Crippen LogP contribution in [0.2, 0.25) is 0 Å². The van der Waals surface area contributed by atoms with Crippen molar-refractivity contribution in [3.05, 3.63) is 39.8 Å². The van der Waals surface area contributed by atoms with Crippen molar-refractivity contribution in [3.8, 4) is 11.5 Å². The van der Waals surface area contributed by atoms with Crippen molar-refractivity contribution >= 4 is 17.4 Å². The predicted octanol–water partition coefficient (Wildman–Crippen LogP) is 3.64. The molecule has 2 rings (SSSR count). The average Bonchev–Trinajstić information content (AvgIpc) is 3.04. The highest BCUT2D eigenvalue weighted by molar-refractivity contribution is 7.11. The standard InChI is InChI=1S/C18H25N3O3S/c1-4-5-8-24-16-7-6-14(9-17(16)23-3)10-20-18(22)21-12-15-11-19-13(2)25-15/h6-7,9,11H,4-5,8,10,12H2,1-3H3,(H2,20,21,22). The Morgan fingerprint density at radius 2 is 2.04 bits per heavy atom. The van der Waals surface area contributed by atoms with Gasteiger partial charge in [0, 0.05) is 17.6 Å². The molecule has 0 spiro atoms. The molecule has 2 amide bonds. The van der Waals surface area contributed by atoms with Crippen LogP contribution in [0.5, 0.6) is 11.5 Å². The first-order valence-corrected chi connectivity index (χ1v) is 9.16. The molecule has 1 aromatic carbocycles. The molecule has 1 heterocycles. The van der Waals surface area contributed by atoms with E-state index in [1.807, 2.05) is 25.1 Å². The molecule has 25 heavy (non-hydrogen) atoms. The van der Waals surface area contributed by atoms with Crippen LogP contribution < -0.4 is 20.1 Å². The number of carbonyl (C=O) groups excluding carboxylic acids is 1. The van der Waals surface area contributed by atoms with Crippen LogP contribution in [0.1, 0.15) is 35.2 Å². The third-order valence-corrected chi connectivity index (χ3v) is 4.44. The van der Waals surface area contributed by atoms with Crippen LogP contribution in [0.15, 0.2) is 24.4 Å². The van der Waals surface area contributed by atoms with Gasteiger partial charge in [-0.15, -0.1) is 11.3 Å². The summed E-state index contributed by atoms with van der Waals surface area (Å²) in [5, 5.41) is 6.65. The van der Waals surface area contributed by atoms with E-state index in [0.717, 1.165) is 34.0 Å². The third-order valence-electron chi connectivity index (χ3n) is 3.53. The zero-order valence-electron chi connectivity index (χ0n) is 14.9. The Bertz CT molecular complexity index is 688. The fourth-order valence-electron chi connectivity index (χ4n) is 2.17. The van der Waals surface area contributed by atoms with Gasteiger partial charge in [0.1, 0.15) is 0 Å². The number of aromatic nitrogens is 1. The number of unbranched alkanes of at least 4 members (excludes halogenated alkanes) is 1. The molecule has 0 radical (unpaired) electrons. The summed E-state index contributed by atoms with van der Waals surface area (Å²) < 4.78 is 11.1. The predicted molar refractivity (Wildman–Crippen MR) is 99.3 cm³/mol. The van der Waals surface area contributed by atoms with Crippen LogP contribution in [0, 0.1) is 6.92 Å². The summed E-state index contributed by atoms with van der Waals surface area (Å²) in [6.07, 6.45) is 3.87. The zero-order chi connectivity index (χ0) is 18.1. The number of methoxy groups -OCH3 is 1. The van der Waals surface area contributed by atoms with E-state index in [1.165, 1.54) is 0 Å². The van der Waals surface area contributed by atoms with Gasteiger partial charge < -0.3 is 20.1 Å². The molecular weight excluding hydrogens is 338 g/mol. The molecule has 2 aromatic rings. The van der Waals surface area contributed by atoms with E-state index in [-0.39, 0.29) is 6.03 Å². The molecule has 0 unspecified atom stereocenters. The van der Waals surface area contributed by atoms with Crippen LogP contribution in [-0.2, 0) is 13.1 Å². The van der Waals surface area contributed by atoms with Crippen LogP contribution in [0.25, 0.3) is 0 Å². The first kappa shape index (κ1) is 19.1. The molecule has 0 saturated heterocycles. The minimum absolute atomic E-state index is 0.215. The summed E-state index contributed by atoms with van der Waals surface area (Å²) >= 11 is 1.57. The van der Waals surface area contributed by atoms with E-state index in [9.17, 15) is 4.79 Å². The van der Waals surface area contributed by atoms with Gasteiger partial charge in [-0.1, -0.05) is 19.4 Å². The first-order chi connectivity index (χ1) is 12.1. The number of amides is 2. The van der Waals surface area contributed by atoms with Crippen LogP contribution >= 0.6 is 11.3 Å². The molecule has 0 aliphatic rings. The number of hydrogen-bond donors (Lipinski definition) is 2. The van der Waals surface area contributed by atoms with Crippen LogP contribution in [0.4, 0.5) is 4.79 Å². The van der Waals surface area contributed by atoms with Gasteiger partial charge in [0.05, 0.1) is 25.3 Å². The molecular formula is C18H25N3O3S. The van der Waals surface area contributed by atoms with Crippen molar-refractivity contribution in [1.29, 1.82) is 0 Å². The Labute approximate surface area is 152 Å². The third kappa shape index (κ3) is 6.26. The van der Waals surface area contributed by atoms with Crippen molar-refractivity contribution in [2.75, 3.05) is 13.7 Å². The van der Waals surface area contributed by atoms with E-state index in [4.69, 9.17) is 9.47 Å². The van der Waals surface area contributed by atoms with E-state index in [0.29, 0.717) is 25.4 Å². The summed E-state index contributed by atoms with van der Waals surface area (Å²) in [5.41, 5.74) is 0.948.